The minimum Gasteiger partial charge on any atom is -0.380 e. The third-order valence-corrected chi connectivity index (χ3v) is 5.06. The maximum absolute atomic E-state index is 11.5. The number of benzene rings is 2. The highest BCUT2D eigenvalue weighted by Gasteiger charge is 2.09. The SMILES string of the molecule is CNS(=O)(=O)Cc1ccc(CNc2cc(C(C)=O)ccc2C#N)cc1. The molecule has 130 valence electrons. The number of hydrogen-bond acceptors (Lipinski definition) is 5. The van der Waals surface area contributed by atoms with Crippen LogP contribution in [0.3, 0.4) is 0 Å². The molecule has 2 N–H and O–H groups in total. The second-order valence-electron chi connectivity index (χ2n) is 5.56. The summed E-state index contributed by atoms with van der Waals surface area (Å²) in [5, 5.41) is 12.3. The zero-order valence-corrected chi connectivity index (χ0v) is 14.9. The molecule has 0 saturated carbocycles. The van der Waals surface area contributed by atoms with Gasteiger partial charge in [-0.15, -0.1) is 0 Å². The third-order valence-electron chi connectivity index (χ3n) is 3.72. The second kappa shape index (κ2) is 7.92. The maximum atomic E-state index is 11.5. The highest BCUT2D eigenvalue weighted by Crippen LogP contribution is 2.19. The van der Waals surface area contributed by atoms with E-state index in [-0.39, 0.29) is 11.5 Å². The number of nitrogens with zero attached hydrogens (tertiary/aromatic N) is 1. The Kier molecular flexibility index (Phi) is 5.91. The van der Waals surface area contributed by atoms with Gasteiger partial charge in [0.2, 0.25) is 10.0 Å². The van der Waals surface area contributed by atoms with E-state index in [1.165, 1.54) is 14.0 Å². The van der Waals surface area contributed by atoms with Crippen LogP contribution in [0.4, 0.5) is 5.69 Å². The van der Waals surface area contributed by atoms with Crippen molar-refractivity contribution in [3.63, 3.8) is 0 Å². The van der Waals surface area contributed by atoms with Crippen molar-refractivity contribution in [2.24, 2.45) is 0 Å². The summed E-state index contributed by atoms with van der Waals surface area (Å²) < 4.78 is 25.4. The molecule has 0 aliphatic rings. The van der Waals surface area contributed by atoms with Crippen LogP contribution in [-0.4, -0.2) is 21.2 Å². The molecule has 0 aromatic heterocycles. The monoisotopic (exact) mass is 357 g/mol. The van der Waals surface area contributed by atoms with Crippen LogP contribution in [-0.2, 0) is 22.3 Å². The van der Waals surface area contributed by atoms with E-state index in [2.05, 4.69) is 16.1 Å². The Hall–Kier alpha value is -2.69. The van der Waals surface area contributed by atoms with Crippen LogP contribution in [0, 0.1) is 11.3 Å². The molecule has 6 nitrogen and oxygen atoms in total. The second-order valence-corrected chi connectivity index (χ2v) is 7.49. The van der Waals surface area contributed by atoms with Gasteiger partial charge in [0.15, 0.2) is 5.78 Å². The molecule has 0 amide bonds. The molecule has 2 rings (SSSR count). The van der Waals surface area contributed by atoms with Gasteiger partial charge in [0, 0.05) is 12.1 Å². The first-order valence-corrected chi connectivity index (χ1v) is 9.28. The first-order chi connectivity index (χ1) is 11.8. The van der Waals surface area contributed by atoms with Gasteiger partial charge >= 0.3 is 0 Å². The summed E-state index contributed by atoms with van der Waals surface area (Å²) in [6.45, 7) is 1.93. The molecule has 0 bridgehead atoms. The first kappa shape index (κ1) is 18.6. The van der Waals surface area contributed by atoms with Crippen molar-refractivity contribution >= 4 is 21.5 Å². The Bertz CT molecular complexity index is 914. The van der Waals surface area contributed by atoms with Gasteiger partial charge in [0.1, 0.15) is 6.07 Å². The summed E-state index contributed by atoms with van der Waals surface area (Å²) in [6.07, 6.45) is 0. The van der Waals surface area contributed by atoms with E-state index in [0.717, 1.165) is 5.56 Å². The maximum Gasteiger partial charge on any atom is 0.215 e. The van der Waals surface area contributed by atoms with E-state index < -0.39 is 10.0 Å². The number of sulfonamides is 1. The number of nitrogens with one attached hydrogen (secondary N) is 2. The van der Waals surface area contributed by atoms with E-state index in [9.17, 15) is 18.5 Å². The van der Waals surface area contributed by atoms with E-state index in [4.69, 9.17) is 0 Å². The van der Waals surface area contributed by atoms with Crippen LogP contribution >= 0.6 is 0 Å². The van der Waals surface area contributed by atoms with Crippen LogP contribution in [0.15, 0.2) is 42.5 Å². The molecule has 0 heterocycles. The van der Waals surface area contributed by atoms with Gasteiger partial charge in [0.25, 0.3) is 0 Å². The summed E-state index contributed by atoms with van der Waals surface area (Å²) in [5.74, 6) is -0.140. The van der Waals surface area contributed by atoms with Crippen LogP contribution in [0.25, 0.3) is 0 Å². The Balaban J connectivity index is 2.10. The molecule has 25 heavy (non-hydrogen) atoms. The molecule has 0 saturated heterocycles. The lowest BCUT2D eigenvalue weighted by Crippen LogP contribution is -2.20. The molecule has 7 heteroatoms. The van der Waals surface area contributed by atoms with E-state index in [1.807, 2.05) is 12.1 Å². The number of carbonyl (C=O) groups is 1. The summed E-state index contributed by atoms with van der Waals surface area (Å²) in [5.41, 5.74) is 3.21. The minimum atomic E-state index is -3.30. The van der Waals surface area contributed by atoms with Crippen molar-refractivity contribution in [1.82, 2.24) is 4.72 Å². The minimum absolute atomic E-state index is 0.0670. The number of ketones is 1. The van der Waals surface area contributed by atoms with Gasteiger partial charge in [-0.05, 0) is 43.3 Å². The van der Waals surface area contributed by atoms with Crippen molar-refractivity contribution in [1.29, 1.82) is 5.26 Å². The lowest BCUT2D eigenvalue weighted by atomic mass is 10.1. The first-order valence-electron chi connectivity index (χ1n) is 7.62. The Morgan fingerprint density at radius 2 is 1.76 bits per heavy atom. The van der Waals surface area contributed by atoms with Crippen LogP contribution < -0.4 is 10.0 Å². The third kappa shape index (κ3) is 5.14. The van der Waals surface area contributed by atoms with Crippen molar-refractivity contribution in [2.45, 2.75) is 19.2 Å². The van der Waals surface area contributed by atoms with Crippen molar-refractivity contribution in [2.75, 3.05) is 12.4 Å². The number of rotatable bonds is 7. The highest BCUT2D eigenvalue weighted by atomic mass is 32.2. The number of nitriles is 1. The Morgan fingerprint density at radius 1 is 1.12 bits per heavy atom. The van der Waals surface area contributed by atoms with Gasteiger partial charge in [0.05, 0.1) is 17.0 Å². The summed E-state index contributed by atoms with van der Waals surface area (Å²) in [7, 11) is -1.91. The van der Waals surface area contributed by atoms with Gasteiger partial charge in [-0.25, -0.2) is 13.1 Å². The molecule has 0 atom stereocenters. The molecular formula is C18H19N3O3S. The lowest BCUT2D eigenvalue weighted by molar-refractivity contribution is 0.101. The predicted molar refractivity (Wildman–Crippen MR) is 96.6 cm³/mol. The standard InChI is InChI=1S/C18H19N3O3S/c1-13(22)16-7-8-17(10-19)18(9-16)21-11-14-3-5-15(6-4-14)12-25(23,24)20-2/h3-9,20-21H,11-12H2,1-2H3. The molecule has 2 aromatic carbocycles. The number of carbonyl (C=O) groups excluding carboxylic acids is 1. The van der Waals surface area contributed by atoms with E-state index in [0.29, 0.717) is 28.9 Å². The zero-order valence-electron chi connectivity index (χ0n) is 14.0. The topological polar surface area (TPSA) is 99.1 Å². The van der Waals surface area contributed by atoms with E-state index >= 15 is 0 Å². The number of anilines is 1. The fourth-order valence-corrected chi connectivity index (χ4v) is 3.02. The molecule has 0 aliphatic heterocycles. The average molecular weight is 357 g/mol. The average Bonchev–Trinajstić information content (AvgIpc) is 2.60. The number of hydrogen-bond donors (Lipinski definition) is 2. The van der Waals surface area contributed by atoms with Gasteiger partial charge < -0.3 is 5.32 Å². The molecule has 0 spiro atoms. The Morgan fingerprint density at radius 3 is 2.32 bits per heavy atom. The van der Waals surface area contributed by atoms with Crippen molar-refractivity contribution in [3.8, 4) is 6.07 Å². The quantitative estimate of drug-likeness (QED) is 0.742. The molecule has 0 fully saturated rings. The number of Topliss-reactive ketones (excluding diaryl/α,β-unsaturated/α-hetero) is 1. The molecular weight excluding hydrogens is 338 g/mol. The lowest BCUT2D eigenvalue weighted by Gasteiger charge is -2.10. The fourth-order valence-electron chi connectivity index (χ4n) is 2.25. The highest BCUT2D eigenvalue weighted by molar-refractivity contribution is 7.88. The van der Waals surface area contributed by atoms with Crippen LogP contribution in [0.1, 0.15) is 34.0 Å². The molecule has 0 unspecified atom stereocenters. The summed E-state index contributed by atoms with van der Waals surface area (Å²) in [4.78, 5) is 11.5. The largest absolute Gasteiger partial charge is 0.380 e. The van der Waals surface area contributed by atoms with Crippen molar-refractivity contribution < 1.29 is 13.2 Å². The van der Waals surface area contributed by atoms with E-state index in [1.54, 1.807) is 30.3 Å². The summed E-state index contributed by atoms with van der Waals surface area (Å²) >= 11 is 0. The predicted octanol–water partition coefficient (Wildman–Crippen LogP) is 2.42. The zero-order chi connectivity index (χ0) is 18.4. The molecule has 0 aliphatic carbocycles. The molecule has 0 radical (unpaired) electrons. The van der Waals surface area contributed by atoms with Crippen LogP contribution in [0.2, 0.25) is 0 Å². The summed E-state index contributed by atoms with van der Waals surface area (Å²) in [6, 6.07) is 14.2. The normalized spacial score (nSPS) is 10.9. The van der Waals surface area contributed by atoms with Crippen LogP contribution in [0.5, 0.6) is 0 Å². The Labute approximate surface area is 147 Å². The fraction of sp³-hybridized carbons (Fsp3) is 0.222. The van der Waals surface area contributed by atoms with Gasteiger partial charge in [-0.1, -0.05) is 24.3 Å². The molecule has 2 aromatic rings. The van der Waals surface area contributed by atoms with Gasteiger partial charge in [-0.3, -0.25) is 4.79 Å². The van der Waals surface area contributed by atoms with Gasteiger partial charge in [-0.2, -0.15) is 5.26 Å². The smallest absolute Gasteiger partial charge is 0.215 e. The van der Waals surface area contributed by atoms with Crippen molar-refractivity contribution in [3.05, 3.63) is 64.7 Å².